The largest absolute Gasteiger partial charge is 0.208 e. The Morgan fingerprint density at radius 1 is 0.231 bits per heavy atom. The first-order valence-electron chi connectivity index (χ1n) is 17.6. The van der Waals surface area contributed by atoms with E-state index in [-0.39, 0.29) is 0 Å². The van der Waals surface area contributed by atoms with Crippen LogP contribution in [0.15, 0.2) is 188 Å². The first-order chi connectivity index (χ1) is 25.7. The van der Waals surface area contributed by atoms with Crippen LogP contribution in [0.4, 0.5) is 0 Å². The van der Waals surface area contributed by atoms with Gasteiger partial charge in [-0.25, -0.2) is 15.0 Å². The summed E-state index contributed by atoms with van der Waals surface area (Å²) in [6.45, 7) is 0. The molecule has 0 fully saturated rings. The molecule has 3 nitrogen and oxygen atoms in total. The topological polar surface area (TPSA) is 38.7 Å². The summed E-state index contributed by atoms with van der Waals surface area (Å²) >= 11 is 0. The van der Waals surface area contributed by atoms with E-state index in [9.17, 15) is 0 Å². The second kappa shape index (κ2) is 12.4. The molecule has 0 saturated heterocycles. The Bertz CT molecular complexity index is 2940. The molecular weight excluding hydrogens is 631 g/mol. The molecule has 10 rings (SSSR count). The van der Waals surface area contributed by atoms with Crippen molar-refractivity contribution in [1.82, 2.24) is 15.0 Å². The SMILES string of the molecule is c1ccc(-c2ccc3cc(-c4nc(-c5ccc(-c6cccc7ccccc67)cc5)nc(-c5cc6ccccc6c6ccccc56)n4)ccc3c2)cc1. The number of hydrogen-bond acceptors (Lipinski definition) is 3. The van der Waals surface area contributed by atoms with Crippen LogP contribution in [0.2, 0.25) is 0 Å². The molecule has 3 heteroatoms. The number of hydrogen-bond donors (Lipinski definition) is 0. The van der Waals surface area contributed by atoms with Crippen molar-refractivity contribution < 1.29 is 0 Å². The van der Waals surface area contributed by atoms with Crippen molar-refractivity contribution in [2.75, 3.05) is 0 Å². The zero-order chi connectivity index (χ0) is 34.4. The smallest absolute Gasteiger partial charge is 0.164 e. The van der Waals surface area contributed by atoms with E-state index in [0.717, 1.165) is 38.4 Å². The van der Waals surface area contributed by atoms with Gasteiger partial charge in [0.2, 0.25) is 0 Å². The molecule has 0 aliphatic heterocycles. The average Bonchev–Trinajstić information content (AvgIpc) is 3.23. The third kappa shape index (κ3) is 5.28. The van der Waals surface area contributed by atoms with E-state index in [1.807, 2.05) is 6.07 Å². The van der Waals surface area contributed by atoms with Gasteiger partial charge in [0.15, 0.2) is 17.5 Å². The van der Waals surface area contributed by atoms with E-state index in [4.69, 9.17) is 15.0 Å². The lowest BCUT2D eigenvalue weighted by Gasteiger charge is -2.13. The van der Waals surface area contributed by atoms with Gasteiger partial charge in [0.05, 0.1) is 0 Å². The summed E-state index contributed by atoms with van der Waals surface area (Å²) in [7, 11) is 0. The van der Waals surface area contributed by atoms with Gasteiger partial charge in [-0.2, -0.15) is 0 Å². The Labute approximate surface area is 301 Å². The van der Waals surface area contributed by atoms with Gasteiger partial charge in [-0.3, -0.25) is 0 Å². The van der Waals surface area contributed by atoms with Crippen molar-refractivity contribution in [3.8, 4) is 56.4 Å². The van der Waals surface area contributed by atoms with Crippen LogP contribution in [0.5, 0.6) is 0 Å². The van der Waals surface area contributed by atoms with Gasteiger partial charge in [-0.05, 0) is 83.5 Å². The average molecular weight is 662 g/mol. The maximum absolute atomic E-state index is 5.21. The molecule has 1 heterocycles. The summed E-state index contributed by atoms with van der Waals surface area (Å²) in [5.41, 5.74) is 7.63. The fraction of sp³-hybridized carbons (Fsp3) is 0. The quantitative estimate of drug-likeness (QED) is 0.172. The minimum absolute atomic E-state index is 0.640. The lowest BCUT2D eigenvalue weighted by Crippen LogP contribution is -2.01. The van der Waals surface area contributed by atoms with Crippen molar-refractivity contribution in [2.24, 2.45) is 0 Å². The molecule has 0 aliphatic rings. The number of rotatable bonds is 5. The molecule has 1 aromatic heterocycles. The second-order valence-corrected chi connectivity index (χ2v) is 13.2. The van der Waals surface area contributed by atoms with E-state index >= 15 is 0 Å². The molecule has 0 unspecified atom stereocenters. The third-order valence-corrected chi connectivity index (χ3v) is 10.1. The van der Waals surface area contributed by atoms with Crippen LogP contribution in [0.3, 0.4) is 0 Å². The molecule has 0 spiro atoms. The number of aromatic nitrogens is 3. The highest BCUT2D eigenvalue weighted by atomic mass is 15.0. The predicted octanol–water partition coefficient (Wildman–Crippen LogP) is 12.8. The van der Waals surface area contributed by atoms with Crippen LogP contribution >= 0.6 is 0 Å². The van der Waals surface area contributed by atoms with Gasteiger partial charge in [0.25, 0.3) is 0 Å². The summed E-state index contributed by atoms with van der Waals surface area (Å²) in [6, 6.07) is 66.5. The monoisotopic (exact) mass is 661 g/mol. The third-order valence-electron chi connectivity index (χ3n) is 10.1. The van der Waals surface area contributed by atoms with E-state index in [2.05, 4.69) is 182 Å². The van der Waals surface area contributed by atoms with Gasteiger partial charge in [0, 0.05) is 16.7 Å². The summed E-state index contributed by atoms with van der Waals surface area (Å²) < 4.78 is 0. The van der Waals surface area contributed by atoms with Crippen molar-refractivity contribution >= 4 is 43.1 Å². The Kier molecular flexibility index (Phi) is 7.14. The Balaban J connectivity index is 1.14. The highest BCUT2D eigenvalue weighted by Gasteiger charge is 2.17. The molecule has 0 aliphatic carbocycles. The molecule has 242 valence electrons. The van der Waals surface area contributed by atoms with Gasteiger partial charge >= 0.3 is 0 Å². The van der Waals surface area contributed by atoms with Crippen LogP contribution < -0.4 is 0 Å². The van der Waals surface area contributed by atoms with E-state index in [0.29, 0.717) is 17.5 Å². The lowest BCUT2D eigenvalue weighted by atomic mass is 9.96. The lowest BCUT2D eigenvalue weighted by molar-refractivity contribution is 1.08. The fourth-order valence-electron chi connectivity index (χ4n) is 7.46. The predicted molar refractivity (Wildman–Crippen MR) is 217 cm³/mol. The minimum Gasteiger partial charge on any atom is -0.208 e. The highest BCUT2D eigenvalue weighted by molar-refractivity contribution is 6.13. The van der Waals surface area contributed by atoms with Crippen molar-refractivity contribution in [3.63, 3.8) is 0 Å². The molecule has 10 aromatic rings. The fourth-order valence-corrected chi connectivity index (χ4v) is 7.46. The van der Waals surface area contributed by atoms with Crippen molar-refractivity contribution in [1.29, 1.82) is 0 Å². The Hall–Kier alpha value is -6.97. The molecule has 0 amide bonds. The van der Waals surface area contributed by atoms with Crippen molar-refractivity contribution in [3.05, 3.63) is 188 Å². The zero-order valence-corrected chi connectivity index (χ0v) is 28.2. The molecule has 0 bridgehead atoms. The molecule has 0 atom stereocenters. The van der Waals surface area contributed by atoms with Gasteiger partial charge in [-0.1, -0.05) is 170 Å². The van der Waals surface area contributed by atoms with Crippen LogP contribution in [-0.4, -0.2) is 15.0 Å². The van der Waals surface area contributed by atoms with Gasteiger partial charge in [-0.15, -0.1) is 0 Å². The Morgan fingerprint density at radius 2 is 0.769 bits per heavy atom. The summed E-state index contributed by atoms with van der Waals surface area (Å²) in [6.07, 6.45) is 0. The van der Waals surface area contributed by atoms with Gasteiger partial charge in [0.1, 0.15) is 0 Å². The first-order valence-corrected chi connectivity index (χ1v) is 17.6. The van der Waals surface area contributed by atoms with E-state index in [1.165, 1.54) is 43.6 Å². The van der Waals surface area contributed by atoms with E-state index in [1.54, 1.807) is 0 Å². The molecular formula is C49H31N3. The standard InChI is InChI=1S/C49H31N3/c1-2-11-32(12-3-1)36-25-26-38-30-40(28-27-37(38)29-36)48-50-47(35-23-21-34(22-24-35)42-20-10-15-33-13-4-6-16-41(33)42)51-49(52-48)46-31-39-14-5-7-17-43(39)44-18-8-9-19-45(44)46/h1-31H. The minimum atomic E-state index is 0.640. The molecule has 0 N–H and O–H groups in total. The van der Waals surface area contributed by atoms with Crippen LogP contribution in [0.25, 0.3) is 99.5 Å². The van der Waals surface area contributed by atoms with Crippen LogP contribution in [0, 0.1) is 0 Å². The first kappa shape index (κ1) is 29.9. The molecule has 0 radical (unpaired) electrons. The zero-order valence-electron chi connectivity index (χ0n) is 28.2. The maximum Gasteiger partial charge on any atom is 0.164 e. The summed E-state index contributed by atoms with van der Waals surface area (Å²) in [5, 5.41) is 9.42. The Morgan fingerprint density at radius 3 is 1.56 bits per heavy atom. The summed E-state index contributed by atoms with van der Waals surface area (Å²) in [5.74, 6) is 1.94. The van der Waals surface area contributed by atoms with Crippen LogP contribution in [-0.2, 0) is 0 Å². The highest BCUT2D eigenvalue weighted by Crippen LogP contribution is 2.36. The summed E-state index contributed by atoms with van der Waals surface area (Å²) in [4.78, 5) is 15.5. The number of benzene rings is 9. The maximum atomic E-state index is 5.21. The number of fused-ring (bicyclic) bond motifs is 5. The second-order valence-electron chi connectivity index (χ2n) is 13.2. The van der Waals surface area contributed by atoms with E-state index < -0.39 is 0 Å². The van der Waals surface area contributed by atoms with Crippen LogP contribution in [0.1, 0.15) is 0 Å². The normalized spacial score (nSPS) is 11.5. The van der Waals surface area contributed by atoms with Gasteiger partial charge < -0.3 is 0 Å². The molecule has 9 aromatic carbocycles. The molecule has 52 heavy (non-hydrogen) atoms. The number of nitrogens with zero attached hydrogens (tertiary/aromatic N) is 3. The molecule has 0 saturated carbocycles. The van der Waals surface area contributed by atoms with Crippen molar-refractivity contribution in [2.45, 2.75) is 0 Å².